The Labute approximate surface area is 134 Å². The van der Waals surface area contributed by atoms with Crippen molar-refractivity contribution in [3.63, 3.8) is 0 Å². The summed E-state index contributed by atoms with van der Waals surface area (Å²) in [7, 11) is 0. The molecule has 2 amide bonds. The van der Waals surface area contributed by atoms with Crippen LogP contribution in [-0.2, 0) is 16.0 Å². The third-order valence-electron chi connectivity index (χ3n) is 3.73. The van der Waals surface area contributed by atoms with Gasteiger partial charge < -0.3 is 4.42 Å². The molecule has 6 heteroatoms. The smallest absolute Gasteiger partial charge is 0.241 e. The number of hydrazine groups is 1. The number of hydrogen-bond acceptors (Lipinski definition) is 4. The van der Waals surface area contributed by atoms with Crippen molar-refractivity contribution in [2.24, 2.45) is 5.92 Å². The fourth-order valence-electron chi connectivity index (χ4n) is 2.14. The lowest BCUT2D eigenvalue weighted by Gasteiger charge is -2.05. The molecule has 2 N–H and O–H groups in total. The summed E-state index contributed by atoms with van der Waals surface area (Å²) in [5, 5.41) is 0. The van der Waals surface area contributed by atoms with E-state index < -0.39 is 0 Å². The second-order valence-corrected chi connectivity index (χ2v) is 5.80. The van der Waals surface area contributed by atoms with E-state index in [4.69, 9.17) is 4.42 Å². The highest BCUT2D eigenvalue weighted by Crippen LogP contribution is 2.28. The molecule has 0 unspecified atom stereocenters. The average Bonchev–Trinajstić information content (AvgIpc) is 3.30. The number of carbonyl (C=O) groups excluding carboxylic acids is 2. The summed E-state index contributed by atoms with van der Waals surface area (Å²) in [5.41, 5.74) is 6.97. The maximum atomic E-state index is 11.7. The van der Waals surface area contributed by atoms with E-state index in [9.17, 15) is 9.59 Å². The Morgan fingerprint density at radius 1 is 1.22 bits per heavy atom. The third-order valence-corrected chi connectivity index (χ3v) is 3.73. The molecule has 0 spiro atoms. The molecule has 1 aromatic carbocycles. The summed E-state index contributed by atoms with van der Waals surface area (Å²) in [6, 6.07) is 7.96. The van der Waals surface area contributed by atoms with Crippen LogP contribution in [0.25, 0.3) is 11.3 Å². The van der Waals surface area contributed by atoms with Gasteiger partial charge in [-0.3, -0.25) is 20.4 Å². The highest BCUT2D eigenvalue weighted by atomic mass is 16.4. The van der Waals surface area contributed by atoms with Gasteiger partial charge in [-0.25, -0.2) is 4.98 Å². The number of oxazole rings is 1. The molecular formula is C17H19N3O3. The standard InChI is InChI=1S/C17H19N3O3/c1-11-2-4-12(5-3-11)14-10-18-16(23-14)9-8-15(21)19-20-17(22)13-6-7-13/h2-5,10,13H,6-9H2,1H3,(H,19,21)(H,20,22). The summed E-state index contributed by atoms with van der Waals surface area (Å²) < 4.78 is 5.66. The number of aromatic nitrogens is 1. The zero-order valence-corrected chi connectivity index (χ0v) is 13.0. The van der Waals surface area contributed by atoms with E-state index in [0.29, 0.717) is 18.1 Å². The second-order valence-electron chi connectivity index (χ2n) is 5.80. The minimum absolute atomic E-state index is 0.0686. The topological polar surface area (TPSA) is 84.2 Å². The normalized spacial score (nSPS) is 13.6. The molecule has 0 saturated heterocycles. The SMILES string of the molecule is Cc1ccc(-c2cnc(CCC(=O)NNC(=O)C3CC3)o2)cc1. The van der Waals surface area contributed by atoms with E-state index in [-0.39, 0.29) is 24.2 Å². The van der Waals surface area contributed by atoms with Gasteiger partial charge in [0.05, 0.1) is 6.20 Å². The van der Waals surface area contributed by atoms with Crippen molar-refractivity contribution < 1.29 is 14.0 Å². The molecule has 1 heterocycles. The van der Waals surface area contributed by atoms with Gasteiger partial charge >= 0.3 is 0 Å². The van der Waals surface area contributed by atoms with Crippen LogP contribution in [0.15, 0.2) is 34.9 Å². The number of nitrogens with one attached hydrogen (secondary N) is 2. The molecule has 23 heavy (non-hydrogen) atoms. The van der Waals surface area contributed by atoms with Gasteiger partial charge in [-0.1, -0.05) is 29.8 Å². The van der Waals surface area contributed by atoms with Gasteiger partial charge in [-0.05, 0) is 19.8 Å². The number of carbonyl (C=O) groups is 2. The van der Waals surface area contributed by atoms with Crippen LogP contribution in [0.3, 0.4) is 0 Å². The monoisotopic (exact) mass is 313 g/mol. The molecule has 1 fully saturated rings. The van der Waals surface area contributed by atoms with E-state index in [1.54, 1.807) is 6.20 Å². The predicted octanol–water partition coefficient (Wildman–Crippen LogP) is 2.14. The number of nitrogens with zero attached hydrogens (tertiary/aromatic N) is 1. The van der Waals surface area contributed by atoms with Crippen LogP contribution in [0.1, 0.15) is 30.7 Å². The van der Waals surface area contributed by atoms with Crippen LogP contribution < -0.4 is 10.9 Å². The summed E-state index contributed by atoms with van der Waals surface area (Å²) in [4.78, 5) is 27.3. The van der Waals surface area contributed by atoms with Gasteiger partial charge in [0.15, 0.2) is 11.7 Å². The zero-order valence-electron chi connectivity index (χ0n) is 13.0. The molecule has 0 atom stereocenters. The Kier molecular flexibility index (Phi) is 4.41. The van der Waals surface area contributed by atoms with E-state index in [1.807, 2.05) is 31.2 Å². The Morgan fingerprint density at radius 3 is 2.65 bits per heavy atom. The molecule has 3 rings (SSSR count). The summed E-state index contributed by atoms with van der Waals surface area (Å²) in [6.45, 7) is 2.02. The van der Waals surface area contributed by atoms with Crippen LogP contribution in [0, 0.1) is 12.8 Å². The maximum Gasteiger partial charge on any atom is 0.241 e. The first-order chi connectivity index (χ1) is 11.1. The number of benzene rings is 1. The van der Waals surface area contributed by atoms with E-state index in [1.165, 1.54) is 5.56 Å². The van der Waals surface area contributed by atoms with Crippen molar-refractivity contribution in [2.45, 2.75) is 32.6 Å². The van der Waals surface area contributed by atoms with E-state index in [2.05, 4.69) is 15.8 Å². The lowest BCUT2D eigenvalue weighted by Crippen LogP contribution is -2.42. The zero-order chi connectivity index (χ0) is 16.2. The van der Waals surface area contributed by atoms with Crippen LogP contribution in [0.2, 0.25) is 0 Å². The first-order valence-electron chi connectivity index (χ1n) is 7.72. The Bertz CT molecular complexity index is 702. The Balaban J connectivity index is 1.47. The van der Waals surface area contributed by atoms with E-state index in [0.717, 1.165) is 18.4 Å². The molecule has 1 saturated carbocycles. The van der Waals surface area contributed by atoms with Crippen LogP contribution in [0.4, 0.5) is 0 Å². The first-order valence-corrected chi connectivity index (χ1v) is 7.72. The minimum Gasteiger partial charge on any atom is -0.441 e. The van der Waals surface area contributed by atoms with Crippen molar-refractivity contribution in [3.05, 3.63) is 41.9 Å². The quantitative estimate of drug-likeness (QED) is 0.828. The van der Waals surface area contributed by atoms with Crippen LogP contribution in [-0.4, -0.2) is 16.8 Å². The van der Waals surface area contributed by atoms with Gasteiger partial charge in [-0.15, -0.1) is 0 Å². The fraction of sp³-hybridized carbons (Fsp3) is 0.353. The van der Waals surface area contributed by atoms with Gasteiger partial charge in [0.25, 0.3) is 0 Å². The summed E-state index contributed by atoms with van der Waals surface area (Å²) in [6.07, 6.45) is 4.06. The minimum atomic E-state index is -0.255. The van der Waals surface area contributed by atoms with Crippen LogP contribution in [0.5, 0.6) is 0 Å². The molecule has 0 bridgehead atoms. The van der Waals surface area contributed by atoms with Gasteiger partial charge in [-0.2, -0.15) is 0 Å². The molecule has 0 aliphatic heterocycles. The first kappa shape index (κ1) is 15.3. The molecule has 1 aliphatic carbocycles. The molecule has 2 aromatic rings. The number of amides is 2. The van der Waals surface area contributed by atoms with Crippen molar-refractivity contribution >= 4 is 11.8 Å². The van der Waals surface area contributed by atoms with Crippen molar-refractivity contribution in [1.29, 1.82) is 0 Å². The van der Waals surface area contributed by atoms with Gasteiger partial charge in [0.2, 0.25) is 11.8 Å². The van der Waals surface area contributed by atoms with Crippen molar-refractivity contribution in [1.82, 2.24) is 15.8 Å². The highest BCUT2D eigenvalue weighted by molar-refractivity contribution is 5.84. The number of hydrogen-bond donors (Lipinski definition) is 2. The predicted molar refractivity (Wildman–Crippen MR) is 84.0 cm³/mol. The molecular weight excluding hydrogens is 294 g/mol. The van der Waals surface area contributed by atoms with Gasteiger partial charge in [0.1, 0.15) is 0 Å². The van der Waals surface area contributed by atoms with E-state index >= 15 is 0 Å². The summed E-state index contributed by atoms with van der Waals surface area (Å²) >= 11 is 0. The molecule has 1 aliphatic rings. The highest BCUT2D eigenvalue weighted by Gasteiger charge is 2.29. The second kappa shape index (κ2) is 6.64. The van der Waals surface area contributed by atoms with Crippen molar-refractivity contribution in [3.8, 4) is 11.3 Å². The largest absolute Gasteiger partial charge is 0.441 e. The van der Waals surface area contributed by atoms with Gasteiger partial charge in [0, 0.05) is 24.3 Å². The third kappa shape index (κ3) is 4.18. The number of rotatable bonds is 5. The van der Waals surface area contributed by atoms with Crippen molar-refractivity contribution in [2.75, 3.05) is 0 Å². The molecule has 1 aromatic heterocycles. The molecule has 6 nitrogen and oxygen atoms in total. The average molecular weight is 313 g/mol. The lowest BCUT2D eigenvalue weighted by atomic mass is 10.1. The lowest BCUT2D eigenvalue weighted by molar-refractivity contribution is -0.129. The molecule has 120 valence electrons. The van der Waals surface area contributed by atoms with Crippen LogP contribution >= 0.6 is 0 Å². The summed E-state index contributed by atoms with van der Waals surface area (Å²) in [5.74, 6) is 0.885. The Morgan fingerprint density at radius 2 is 1.96 bits per heavy atom. The Hall–Kier alpha value is -2.63. The number of aryl methyl sites for hydroxylation is 2. The molecule has 0 radical (unpaired) electrons. The fourth-order valence-corrected chi connectivity index (χ4v) is 2.14. The maximum absolute atomic E-state index is 11.7.